The second kappa shape index (κ2) is 6.18. The van der Waals surface area contributed by atoms with Gasteiger partial charge in [-0.3, -0.25) is 4.90 Å². The highest BCUT2D eigenvalue weighted by Crippen LogP contribution is 2.15. The van der Waals surface area contributed by atoms with Crippen LogP contribution in [0.15, 0.2) is 30.3 Å². The van der Waals surface area contributed by atoms with E-state index in [1.54, 1.807) is 0 Å². The molecule has 2 rings (SSSR count). The van der Waals surface area contributed by atoms with Gasteiger partial charge < -0.3 is 5.32 Å². The van der Waals surface area contributed by atoms with E-state index >= 15 is 0 Å². The Bertz CT molecular complexity index is 315. The number of hydrogen-bond donors (Lipinski definition) is 1. The minimum atomic E-state index is 0.621. The normalized spacial score (nSPS) is 20.4. The van der Waals surface area contributed by atoms with Gasteiger partial charge >= 0.3 is 0 Å². The van der Waals surface area contributed by atoms with Crippen LogP contribution in [-0.2, 0) is 6.54 Å². The van der Waals surface area contributed by atoms with Gasteiger partial charge in [0, 0.05) is 19.1 Å². The highest BCUT2D eigenvalue weighted by Gasteiger charge is 2.19. The van der Waals surface area contributed by atoms with Crippen LogP contribution < -0.4 is 5.32 Å². The molecule has 0 saturated carbocycles. The van der Waals surface area contributed by atoms with Crippen LogP contribution in [0.25, 0.3) is 0 Å². The molecule has 17 heavy (non-hydrogen) atoms. The van der Waals surface area contributed by atoms with Crippen molar-refractivity contribution >= 4 is 0 Å². The van der Waals surface area contributed by atoms with Gasteiger partial charge in [0.2, 0.25) is 0 Å². The summed E-state index contributed by atoms with van der Waals surface area (Å²) in [5, 5.41) is 3.45. The highest BCUT2D eigenvalue weighted by molar-refractivity contribution is 5.14. The molecule has 0 radical (unpaired) electrons. The highest BCUT2D eigenvalue weighted by atomic mass is 15.2. The maximum atomic E-state index is 3.45. The van der Waals surface area contributed by atoms with Gasteiger partial charge in [0.15, 0.2) is 0 Å². The topological polar surface area (TPSA) is 15.3 Å². The van der Waals surface area contributed by atoms with Crippen molar-refractivity contribution < 1.29 is 0 Å². The zero-order chi connectivity index (χ0) is 12.1. The fourth-order valence-electron chi connectivity index (χ4n) is 2.48. The smallest absolute Gasteiger partial charge is 0.0236 e. The van der Waals surface area contributed by atoms with Crippen LogP contribution in [0.2, 0.25) is 0 Å². The summed E-state index contributed by atoms with van der Waals surface area (Å²) in [6, 6.07) is 11.4. The Labute approximate surface area is 105 Å². The zero-order valence-corrected chi connectivity index (χ0v) is 11.0. The second-order valence-corrected chi connectivity index (χ2v) is 5.37. The van der Waals surface area contributed by atoms with Crippen molar-refractivity contribution in [1.29, 1.82) is 0 Å². The van der Waals surface area contributed by atoms with Crippen molar-refractivity contribution in [3.05, 3.63) is 35.9 Å². The Morgan fingerprint density at radius 2 is 2.06 bits per heavy atom. The van der Waals surface area contributed by atoms with E-state index in [1.165, 1.54) is 31.6 Å². The van der Waals surface area contributed by atoms with Gasteiger partial charge in [0.05, 0.1) is 0 Å². The number of nitrogens with zero attached hydrogens (tertiary/aromatic N) is 1. The van der Waals surface area contributed by atoms with Crippen molar-refractivity contribution in [2.45, 2.75) is 32.9 Å². The Balaban J connectivity index is 1.92. The fourth-order valence-corrected chi connectivity index (χ4v) is 2.48. The lowest BCUT2D eigenvalue weighted by Crippen LogP contribution is -2.35. The molecule has 0 spiro atoms. The predicted molar refractivity (Wildman–Crippen MR) is 73.0 cm³/mol. The third-order valence-corrected chi connectivity index (χ3v) is 3.61. The third kappa shape index (κ3) is 3.83. The number of rotatable bonds is 5. The van der Waals surface area contributed by atoms with Gasteiger partial charge in [-0.05, 0) is 44.8 Å². The summed E-state index contributed by atoms with van der Waals surface area (Å²) in [5.74, 6) is 0.834. The lowest BCUT2D eigenvalue weighted by atomic mass is 10.1. The first-order valence-corrected chi connectivity index (χ1v) is 6.74. The minimum Gasteiger partial charge on any atom is -0.316 e. The largest absolute Gasteiger partial charge is 0.316 e. The van der Waals surface area contributed by atoms with E-state index in [9.17, 15) is 0 Å². The average molecular weight is 232 g/mol. The van der Waals surface area contributed by atoms with Crippen LogP contribution in [0, 0.1) is 5.92 Å². The molecule has 0 amide bonds. The minimum absolute atomic E-state index is 0.621. The molecule has 1 fully saturated rings. The molecule has 1 aliphatic heterocycles. The molecule has 0 aromatic heterocycles. The first kappa shape index (κ1) is 12.6. The standard InChI is InChI=1S/C15H24N2/c1-13(2)17(12-15-8-9-16-10-15)11-14-6-4-3-5-7-14/h3-7,13,15-16H,8-12H2,1-2H3/t15-/m0/s1. The van der Waals surface area contributed by atoms with Gasteiger partial charge in [0.25, 0.3) is 0 Å². The first-order chi connectivity index (χ1) is 8.25. The molecule has 1 atom stereocenters. The Hall–Kier alpha value is -0.860. The summed E-state index contributed by atoms with van der Waals surface area (Å²) in [6.07, 6.45) is 1.33. The van der Waals surface area contributed by atoms with E-state index in [-0.39, 0.29) is 0 Å². The van der Waals surface area contributed by atoms with Crippen LogP contribution in [0.3, 0.4) is 0 Å². The monoisotopic (exact) mass is 232 g/mol. The molecule has 1 heterocycles. The molecule has 2 heteroatoms. The third-order valence-electron chi connectivity index (χ3n) is 3.61. The molecule has 2 nitrogen and oxygen atoms in total. The fraction of sp³-hybridized carbons (Fsp3) is 0.600. The summed E-state index contributed by atoms with van der Waals surface area (Å²) in [4.78, 5) is 2.59. The number of nitrogens with one attached hydrogen (secondary N) is 1. The molecule has 1 aromatic rings. The van der Waals surface area contributed by atoms with Gasteiger partial charge in [-0.1, -0.05) is 30.3 Å². The molecule has 0 bridgehead atoms. The lowest BCUT2D eigenvalue weighted by Gasteiger charge is -2.29. The van der Waals surface area contributed by atoms with Crippen LogP contribution in [0.4, 0.5) is 0 Å². The van der Waals surface area contributed by atoms with Gasteiger partial charge in [-0.15, -0.1) is 0 Å². The first-order valence-electron chi connectivity index (χ1n) is 6.74. The summed E-state index contributed by atoms with van der Waals surface area (Å²) < 4.78 is 0. The van der Waals surface area contributed by atoms with E-state index in [2.05, 4.69) is 54.4 Å². The van der Waals surface area contributed by atoms with E-state index in [0.29, 0.717) is 6.04 Å². The molecular weight excluding hydrogens is 208 g/mol. The quantitative estimate of drug-likeness (QED) is 0.839. The van der Waals surface area contributed by atoms with Gasteiger partial charge in [-0.2, -0.15) is 0 Å². The molecule has 94 valence electrons. The summed E-state index contributed by atoms with van der Waals surface area (Å²) in [5.41, 5.74) is 1.42. The summed E-state index contributed by atoms with van der Waals surface area (Å²) in [6.45, 7) is 9.28. The van der Waals surface area contributed by atoms with Crippen molar-refractivity contribution in [1.82, 2.24) is 10.2 Å². The van der Waals surface area contributed by atoms with Crippen LogP contribution in [0.5, 0.6) is 0 Å². The van der Waals surface area contributed by atoms with Crippen molar-refractivity contribution in [3.8, 4) is 0 Å². The molecule has 1 aromatic carbocycles. The van der Waals surface area contributed by atoms with Gasteiger partial charge in [0.1, 0.15) is 0 Å². The predicted octanol–water partition coefficient (Wildman–Crippen LogP) is 2.51. The molecule has 0 unspecified atom stereocenters. The van der Waals surface area contributed by atoms with Crippen LogP contribution >= 0.6 is 0 Å². The van der Waals surface area contributed by atoms with Crippen molar-refractivity contribution in [3.63, 3.8) is 0 Å². The average Bonchev–Trinajstić information content (AvgIpc) is 2.82. The van der Waals surface area contributed by atoms with E-state index in [4.69, 9.17) is 0 Å². The van der Waals surface area contributed by atoms with E-state index < -0.39 is 0 Å². The number of hydrogen-bond acceptors (Lipinski definition) is 2. The molecule has 1 N–H and O–H groups in total. The molecule has 0 aliphatic carbocycles. The van der Waals surface area contributed by atoms with Crippen LogP contribution in [0.1, 0.15) is 25.8 Å². The van der Waals surface area contributed by atoms with Crippen molar-refractivity contribution in [2.24, 2.45) is 5.92 Å². The van der Waals surface area contributed by atoms with Crippen LogP contribution in [-0.4, -0.2) is 30.6 Å². The SMILES string of the molecule is CC(C)N(Cc1ccccc1)C[C@H]1CCNC1. The van der Waals surface area contributed by atoms with Gasteiger partial charge in [-0.25, -0.2) is 0 Å². The van der Waals surface area contributed by atoms with Crippen molar-refractivity contribution in [2.75, 3.05) is 19.6 Å². The Kier molecular flexibility index (Phi) is 4.57. The maximum absolute atomic E-state index is 3.45. The zero-order valence-electron chi connectivity index (χ0n) is 11.0. The second-order valence-electron chi connectivity index (χ2n) is 5.37. The Morgan fingerprint density at radius 3 is 2.65 bits per heavy atom. The van der Waals surface area contributed by atoms with E-state index in [1.807, 2.05) is 0 Å². The Morgan fingerprint density at radius 1 is 1.29 bits per heavy atom. The maximum Gasteiger partial charge on any atom is 0.0236 e. The molecule has 1 aliphatic rings. The summed E-state index contributed by atoms with van der Waals surface area (Å²) in [7, 11) is 0. The van der Waals surface area contributed by atoms with E-state index in [0.717, 1.165) is 12.5 Å². The molecular formula is C15H24N2. The lowest BCUT2D eigenvalue weighted by molar-refractivity contribution is 0.184. The summed E-state index contributed by atoms with van der Waals surface area (Å²) >= 11 is 0. The number of benzene rings is 1. The molecule has 1 saturated heterocycles.